The van der Waals surface area contributed by atoms with E-state index in [9.17, 15) is 19.4 Å². The molecule has 5 N–H and O–H groups in total. The number of nitrogens with one attached hydrogen (secondary N) is 1. The van der Waals surface area contributed by atoms with Crippen molar-refractivity contribution in [1.29, 1.82) is 0 Å². The molecule has 0 radical (unpaired) electrons. The van der Waals surface area contributed by atoms with Crippen LogP contribution in [0.5, 0.6) is 0 Å². The van der Waals surface area contributed by atoms with Crippen LogP contribution < -0.4 is 11.1 Å². The lowest BCUT2D eigenvalue weighted by atomic mass is 10.0. The van der Waals surface area contributed by atoms with Crippen molar-refractivity contribution >= 4 is 13.7 Å². The smallest absolute Gasteiger partial charge is 0.387 e. The van der Waals surface area contributed by atoms with Gasteiger partial charge in [0.05, 0.1) is 25.4 Å². The van der Waals surface area contributed by atoms with Crippen molar-refractivity contribution in [1.82, 2.24) is 5.32 Å². The van der Waals surface area contributed by atoms with E-state index in [1.807, 2.05) is 6.08 Å². The number of hydrogen-bond donors (Lipinski definition) is 4. The average molecular weight is 885 g/mol. The highest BCUT2D eigenvalue weighted by atomic mass is 31.2. The molecule has 0 aliphatic heterocycles. The predicted molar refractivity (Wildman–Crippen MR) is 267 cm³/mol. The number of carbonyl (C=O) groups is 1. The molecule has 3 atom stereocenters. The molecule has 0 rings (SSSR count). The molecule has 62 heavy (non-hydrogen) atoms. The molecular formula is C53H93N2O6P. The standard InChI is InChI=1S/C53H93N2O6P/c1-3-5-7-9-11-13-15-17-19-21-23-25-26-27-29-31-33-35-37-39-41-43-45-47-53(57)55-51(50-61-62(58,59)60-49-48-54)52(56)46-44-42-40-38-36-34-32-30-28-24-22-20-18-16-14-12-10-8-6-4-2/h5,7,11,13,17,19,23,25,27,29,33,35,39,41,44,46,51-52,56H,3-4,6,8-10,12,14-16,18,20-22,24,26,28,30-32,34,36-38,40,42-43,45,47-50,54H2,1-2H3,(H,55,57)(H,58,59)/b7-5-,13-11-,19-17-,25-23-,29-27-,35-33-,41-39-,46-44+. The fraction of sp³-hybridized carbons (Fsp3) is 0.679. The molecular weight excluding hydrogens is 792 g/mol. The number of unbranched alkanes of at least 4 members (excludes halogenated alkanes) is 19. The Hall–Kier alpha value is -2.58. The number of phosphoric ester groups is 1. The van der Waals surface area contributed by atoms with Gasteiger partial charge in [-0.05, 0) is 70.6 Å². The minimum atomic E-state index is -4.37. The molecule has 0 aliphatic carbocycles. The first kappa shape index (κ1) is 59.4. The van der Waals surface area contributed by atoms with Gasteiger partial charge in [-0.1, -0.05) is 220 Å². The summed E-state index contributed by atoms with van der Waals surface area (Å²) in [7, 11) is -4.37. The van der Waals surface area contributed by atoms with E-state index in [-0.39, 0.29) is 32.1 Å². The van der Waals surface area contributed by atoms with Gasteiger partial charge in [0.15, 0.2) is 0 Å². The predicted octanol–water partition coefficient (Wildman–Crippen LogP) is 14.7. The molecule has 0 spiro atoms. The molecule has 0 aliphatic rings. The van der Waals surface area contributed by atoms with Crippen molar-refractivity contribution in [3.05, 3.63) is 97.2 Å². The summed E-state index contributed by atoms with van der Waals surface area (Å²) < 4.78 is 22.2. The summed E-state index contributed by atoms with van der Waals surface area (Å²) in [5.74, 6) is -0.254. The summed E-state index contributed by atoms with van der Waals surface area (Å²) >= 11 is 0. The topological polar surface area (TPSA) is 131 Å². The Morgan fingerprint density at radius 3 is 1.35 bits per heavy atom. The Balaban J connectivity index is 4.27. The minimum Gasteiger partial charge on any atom is -0.387 e. The maximum atomic E-state index is 12.8. The SMILES string of the molecule is CC/C=C\C/C=C\C/C=C\C/C=C\C/C=C\C/C=C\C/C=C\CCCC(=O)NC(COP(=O)(O)OCCN)C(O)/C=C/CCCCCCCCCCCCCCCCCCCC. The Bertz CT molecular complexity index is 1290. The van der Waals surface area contributed by atoms with E-state index < -0.39 is 20.0 Å². The third-order valence-electron chi connectivity index (χ3n) is 10.4. The lowest BCUT2D eigenvalue weighted by Gasteiger charge is -2.23. The monoisotopic (exact) mass is 885 g/mol. The van der Waals surface area contributed by atoms with Crippen molar-refractivity contribution in [3.63, 3.8) is 0 Å². The van der Waals surface area contributed by atoms with Gasteiger partial charge in [-0.15, -0.1) is 0 Å². The van der Waals surface area contributed by atoms with Gasteiger partial charge < -0.3 is 21.1 Å². The van der Waals surface area contributed by atoms with Crippen LogP contribution in [0, 0.1) is 0 Å². The van der Waals surface area contributed by atoms with E-state index in [1.54, 1.807) is 6.08 Å². The van der Waals surface area contributed by atoms with E-state index in [4.69, 9.17) is 14.8 Å². The molecule has 0 aromatic heterocycles. The van der Waals surface area contributed by atoms with Gasteiger partial charge in [0.2, 0.25) is 5.91 Å². The number of aliphatic hydroxyl groups is 1. The van der Waals surface area contributed by atoms with Crippen LogP contribution in [0.15, 0.2) is 97.2 Å². The summed E-state index contributed by atoms with van der Waals surface area (Å²) in [6, 6.07) is -0.898. The first-order chi connectivity index (χ1) is 30.4. The summed E-state index contributed by atoms with van der Waals surface area (Å²) in [6.45, 7) is 3.98. The third-order valence-corrected chi connectivity index (χ3v) is 11.4. The van der Waals surface area contributed by atoms with Crippen LogP contribution >= 0.6 is 7.82 Å². The summed E-state index contributed by atoms with van der Waals surface area (Å²) in [5.41, 5.74) is 5.38. The highest BCUT2D eigenvalue weighted by Gasteiger charge is 2.26. The number of aliphatic hydroxyl groups excluding tert-OH is 1. The van der Waals surface area contributed by atoms with Crippen LogP contribution in [-0.4, -0.2) is 47.8 Å². The van der Waals surface area contributed by atoms with Gasteiger partial charge >= 0.3 is 7.82 Å². The van der Waals surface area contributed by atoms with Crippen molar-refractivity contribution < 1.29 is 28.4 Å². The molecule has 1 amide bonds. The van der Waals surface area contributed by atoms with Gasteiger partial charge in [0.25, 0.3) is 0 Å². The maximum absolute atomic E-state index is 12.8. The number of amides is 1. The number of hydrogen-bond acceptors (Lipinski definition) is 6. The first-order valence-electron chi connectivity index (χ1n) is 24.9. The number of nitrogens with two attached hydrogens (primary N) is 1. The molecule has 0 bridgehead atoms. The van der Waals surface area contributed by atoms with E-state index in [2.05, 4.69) is 104 Å². The van der Waals surface area contributed by atoms with Gasteiger partial charge in [-0.3, -0.25) is 13.8 Å². The Kier molecular flexibility index (Phi) is 45.9. The van der Waals surface area contributed by atoms with Crippen LogP contribution in [0.1, 0.15) is 200 Å². The van der Waals surface area contributed by atoms with Crippen LogP contribution in [-0.2, 0) is 18.4 Å². The summed E-state index contributed by atoms with van der Waals surface area (Å²) in [6.07, 6.45) is 66.2. The molecule has 8 nitrogen and oxygen atoms in total. The number of rotatable bonds is 45. The van der Waals surface area contributed by atoms with Crippen LogP contribution in [0.2, 0.25) is 0 Å². The van der Waals surface area contributed by atoms with Crippen LogP contribution in [0.4, 0.5) is 0 Å². The van der Waals surface area contributed by atoms with Gasteiger partial charge in [0.1, 0.15) is 0 Å². The molecule has 0 aromatic rings. The van der Waals surface area contributed by atoms with Crippen molar-refractivity contribution in [3.8, 4) is 0 Å². The first-order valence-corrected chi connectivity index (χ1v) is 26.4. The number of allylic oxidation sites excluding steroid dienone is 15. The van der Waals surface area contributed by atoms with E-state index >= 15 is 0 Å². The summed E-state index contributed by atoms with van der Waals surface area (Å²) in [5, 5.41) is 13.7. The van der Waals surface area contributed by atoms with Crippen molar-refractivity contribution in [2.24, 2.45) is 5.73 Å². The van der Waals surface area contributed by atoms with Gasteiger partial charge in [-0.2, -0.15) is 0 Å². The zero-order valence-electron chi connectivity index (χ0n) is 39.6. The minimum absolute atomic E-state index is 0.0642. The second-order valence-electron chi connectivity index (χ2n) is 16.3. The molecule has 0 fully saturated rings. The molecule has 3 unspecified atom stereocenters. The zero-order valence-corrected chi connectivity index (χ0v) is 40.5. The largest absolute Gasteiger partial charge is 0.472 e. The Labute approximate surface area is 381 Å². The van der Waals surface area contributed by atoms with Crippen LogP contribution in [0.25, 0.3) is 0 Å². The van der Waals surface area contributed by atoms with Gasteiger partial charge in [0, 0.05) is 13.0 Å². The quantitative estimate of drug-likeness (QED) is 0.0272. The van der Waals surface area contributed by atoms with Crippen LogP contribution in [0.3, 0.4) is 0 Å². The second-order valence-corrected chi connectivity index (χ2v) is 17.7. The van der Waals surface area contributed by atoms with E-state index in [0.717, 1.165) is 70.6 Å². The molecule has 356 valence electrons. The van der Waals surface area contributed by atoms with E-state index in [1.165, 1.54) is 103 Å². The fourth-order valence-corrected chi connectivity index (χ4v) is 7.47. The zero-order chi connectivity index (χ0) is 45.3. The number of phosphoric acid groups is 1. The lowest BCUT2D eigenvalue weighted by Crippen LogP contribution is -2.45. The maximum Gasteiger partial charge on any atom is 0.472 e. The second kappa shape index (κ2) is 47.9. The highest BCUT2D eigenvalue weighted by Crippen LogP contribution is 2.43. The lowest BCUT2D eigenvalue weighted by molar-refractivity contribution is -0.122. The van der Waals surface area contributed by atoms with Crippen molar-refractivity contribution in [2.45, 2.75) is 212 Å². The third kappa shape index (κ3) is 45.4. The molecule has 9 heteroatoms. The number of carbonyl (C=O) groups excluding carboxylic acids is 1. The normalized spacial score (nSPS) is 14.7. The molecule has 0 saturated heterocycles. The highest BCUT2D eigenvalue weighted by molar-refractivity contribution is 7.47. The molecule has 0 saturated carbocycles. The van der Waals surface area contributed by atoms with Crippen molar-refractivity contribution in [2.75, 3.05) is 19.8 Å². The average Bonchev–Trinajstić information content (AvgIpc) is 3.26. The Morgan fingerprint density at radius 2 is 0.935 bits per heavy atom. The fourth-order valence-electron chi connectivity index (χ4n) is 6.71. The Morgan fingerprint density at radius 1 is 0.548 bits per heavy atom. The van der Waals surface area contributed by atoms with E-state index in [0.29, 0.717) is 6.42 Å². The molecule has 0 aromatic carbocycles. The molecule has 0 heterocycles. The summed E-state index contributed by atoms with van der Waals surface area (Å²) in [4.78, 5) is 22.8. The van der Waals surface area contributed by atoms with Gasteiger partial charge in [-0.25, -0.2) is 4.57 Å².